The van der Waals surface area contributed by atoms with E-state index < -0.39 is 27.6 Å². The van der Waals surface area contributed by atoms with E-state index in [-0.39, 0.29) is 61.3 Å². The van der Waals surface area contributed by atoms with Crippen LogP contribution in [0.15, 0.2) is 119 Å². The van der Waals surface area contributed by atoms with Crippen molar-refractivity contribution in [2.24, 2.45) is 7.05 Å². The Morgan fingerprint density at radius 2 is 0.891 bits per heavy atom. The third-order valence-electron chi connectivity index (χ3n) is 15.3. The Kier molecular flexibility index (Phi) is 23.1. The zero-order chi connectivity index (χ0) is 67.4. The lowest BCUT2D eigenvalue weighted by atomic mass is 10.0. The average molecular weight is 1430 g/mol. The zero-order valence-corrected chi connectivity index (χ0v) is 57.7. The summed E-state index contributed by atoms with van der Waals surface area (Å²) in [7, 11) is -2.10. The summed E-state index contributed by atoms with van der Waals surface area (Å²) in [5.41, 5.74) is 11.7. The van der Waals surface area contributed by atoms with Crippen LogP contribution in [-0.4, -0.2) is 58.4 Å². The minimum Gasteiger partial charge on any atom is -0.360 e. The molecule has 5 aromatic heterocycles. The highest BCUT2D eigenvalue weighted by atomic mass is 35.5. The van der Waals surface area contributed by atoms with Gasteiger partial charge in [0.05, 0.1) is 53.5 Å². The average Bonchev–Trinajstić information content (AvgIpc) is 1.60. The molecule has 11 rings (SSSR count). The first kappa shape index (κ1) is 70.9. The number of aromatic nitrogens is 9. The van der Waals surface area contributed by atoms with Crippen LogP contribution < -0.4 is 0 Å². The molecule has 11 aromatic rings. The van der Waals surface area contributed by atoms with Gasteiger partial charge in [-0.3, -0.25) is 14.6 Å². The quantitative estimate of drug-likeness (QED) is 0.117. The number of aryl methyl sites for hydroxylation is 7. The number of hydrogen-bond donors (Lipinski definition) is 1. The predicted molar refractivity (Wildman–Crippen MR) is 356 cm³/mol. The second kappa shape index (κ2) is 30.0. The highest BCUT2D eigenvalue weighted by molar-refractivity contribution is 7.89. The van der Waals surface area contributed by atoms with E-state index in [0.29, 0.717) is 99.9 Å². The summed E-state index contributed by atoms with van der Waals surface area (Å²) in [6, 6.07) is 27.4. The van der Waals surface area contributed by atoms with Crippen LogP contribution in [0.3, 0.4) is 0 Å². The van der Waals surface area contributed by atoms with Crippen LogP contribution in [0.4, 0.5) is 17.6 Å². The van der Waals surface area contributed by atoms with Crippen molar-refractivity contribution in [2.45, 2.75) is 92.9 Å². The van der Waals surface area contributed by atoms with Crippen LogP contribution in [-0.2, 0) is 42.8 Å². The summed E-state index contributed by atoms with van der Waals surface area (Å²) in [5.74, 6) is -1.57. The fourth-order valence-electron chi connectivity index (χ4n) is 10.0. The first-order chi connectivity index (χ1) is 43.4. The van der Waals surface area contributed by atoms with Crippen molar-refractivity contribution < 1.29 is 35.3 Å². The number of aromatic amines is 1. The van der Waals surface area contributed by atoms with Gasteiger partial charge >= 0.3 is 0 Å². The molecule has 0 saturated heterocycles. The normalized spacial score (nSPS) is 11.2. The first-order valence-corrected chi connectivity index (χ1v) is 32.4. The molecule has 0 aliphatic heterocycles. The van der Waals surface area contributed by atoms with Crippen molar-refractivity contribution in [3.63, 3.8) is 0 Å². The lowest BCUT2D eigenvalue weighted by Gasteiger charge is -2.09. The Bertz CT molecular complexity index is 4600. The molecule has 0 aliphatic carbocycles. The number of nitrogens with zero attached hydrogens (tertiary/aromatic N) is 8. The van der Waals surface area contributed by atoms with E-state index in [4.69, 9.17) is 97.3 Å². The van der Waals surface area contributed by atoms with Crippen molar-refractivity contribution in [2.75, 3.05) is 0 Å². The highest BCUT2D eigenvalue weighted by Gasteiger charge is 2.30. The SMILES string of the molecule is Cc1n[nH]c(C)c1Cc1c(F)cccc1Cl.Cc1nn(C(=O)c2c(-c3c(Cl)cccc3Cl)noc2C)c(C)c1Cc1c(F)cccc1Cl.Cc1nn(C)c(C)c1Cc1c(F)cccc1Cl.Cc1nn(S(=O)(=O)c2ccc(Cl)c(Cl)c2)c(C)c1Cc1c(F)cccc1Cl. The number of halogens is 12. The number of H-pyrrole nitrogens is 1. The molecule has 13 nitrogen and oxygen atoms in total. The molecule has 0 atom stereocenters. The maximum Gasteiger partial charge on any atom is 0.284 e. The Hall–Kier alpha value is -6.97. The smallest absolute Gasteiger partial charge is 0.284 e. The highest BCUT2D eigenvalue weighted by Crippen LogP contribution is 2.38. The van der Waals surface area contributed by atoms with Gasteiger partial charge in [-0.05, 0) is 141 Å². The van der Waals surface area contributed by atoms with Crippen molar-refractivity contribution in [1.82, 2.24) is 44.1 Å². The number of nitrogens with one attached hydrogen (secondary N) is 1. The van der Waals surface area contributed by atoms with Crippen LogP contribution in [0, 0.1) is 85.6 Å². The van der Waals surface area contributed by atoms with Gasteiger partial charge in [-0.25, -0.2) is 22.2 Å². The van der Waals surface area contributed by atoms with E-state index >= 15 is 0 Å². The molecule has 0 spiro atoms. The summed E-state index contributed by atoms with van der Waals surface area (Å²) < 4.78 is 91.0. The van der Waals surface area contributed by atoms with Gasteiger partial charge in [-0.15, -0.1) is 0 Å². The Labute approximate surface area is 569 Å². The van der Waals surface area contributed by atoms with E-state index in [9.17, 15) is 30.8 Å². The molecule has 0 amide bonds. The molecular formula is C66H57Cl8F4N9O4S. The van der Waals surface area contributed by atoms with Crippen molar-refractivity contribution >= 4 is 109 Å². The minimum absolute atomic E-state index is 0.0435. The molecule has 92 heavy (non-hydrogen) atoms. The third kappa shape index (κ3) is 15.5. The van der Waals surface area contributed by atoms with Crippen LogP contribution in [0.1, 0.15) is 106 Å². The lowest BCUT2D eigenvalue weighted by molar-refractivity contribution is 0.0941. The molecule has 0 unspecified atom stereocenters. The molecule has 0 saturated carbocycles. The standard InChI is InChI=1S/C23H17Cl3FN3O2.C18H14Cl3FN2O2S.C13H14ClFN2.C12H12ClFN2/c1-11-14(10-15-16(24)6-5-9-19(15)27)12(2)30(28-11)23(31)20-13(3)32-29-22(20)21-17(25)7-4-8-18(21)26;1-10-13(9-14-15(19)4-3-5-18(14)22)11(2)24(23-10)27(25,26)12-6-7-16(20)17(21)8-12;1-8-10(9(2)17(3)16-8)7-11-12(14)5-4-6-13(11)15;1-7-9(8(2)16-15-7)6-10-11(13)4-3-5-12(10)14/h4-9H,10H2,1-3H3;3-8H,9H2,1-2H3;4-6H,7H2,1-3H3;3-5H,6H2,1-2H3,(H,15,16). The maximum absolute atomic E-state index is 14.3. The van der Waals surface area contributed by atoms with Crippen LogP contribution in [0.25, 0.3) is 11.3 Å². The van der Waals surface area contributed by atoms with Crippen molar-refractivity contribution in [3.05, 3.63) is 274 Å². The van der Waals surface area contributed by atoms with E-state index in [1.165, 1.54) is 53.2 Å². The monoisotopic (exact) mass is 1430 g/mol. The van der Waals surface area contributed by atoms with Gasteiger partial charge in [0.15, 0.2) is 0 Å². The number of benzene rings is 6. The molecule has 0 radical (unpaired) electrons. The second-order valence-corrected chi connectivity index (χ2v) is 26.2. The van der Waals surface area contributed by atoms with Gasteiger partial charge in [0.2, 0.25) is 0 Å². The predicted octanol–water partition coefficient (Wildman–Crippen LogP) is 19.1. The summed E-state index contributed by atoms with van der Waals surface area (Å²) in [6.45, 7) is 16.1. The molecule has 0 bridgehead atoms. The second-order valence-electron chi connectivity index (χ2n) is 21.2. The molecule has 26 heteroatoms. The van der Waals surface area contributed by atoms with Crippen LogP contribution in [0.5, 0.6) is 0 Å². The van der Waals surface area contributed by atoms with Crippen molar-refractivity contribution in [3.8, 4) is 11.3 Å². The van der Waals surface area contributed by atoms with E-state index in [1.54, 1.807) is 100.0 Å². The van der Waals surface area contributed by atoms with Gasteiger partial charge in [0.1, 0.15) is 40.3 Å². The van der Waals surface area contributed by atoms with Gasteiger partial charge in [-0.2, -0.15) is 32.9 Å². The Morgan fingerprint density at radius 1 is 0.478 bits per heavy atom. The first-order valence-electron chi connectivity index (χ1n) is 27.9. The molecule has 0 aliphatic rings. The van der Waals surface area contributed by atoms with Crippen LogP contribution in [0.2, 0.25) is 40.2 Å². The fraction of sp³-hybridized carbons (Fsp3) is 0.212. The molecule has 1 N–H and O–H groups in total. The Balaban J connectivity index is 0.000000164. The number of rotatable bonds is 12. The third-order valence-corrected chi connectivity index (χ3v) is 19.8. The molecule has 6 aromatic carbocycles. The minimum atomic E-state index is -3.99. The largest absolute Gasteiger partial charge is 0.360 e. The number of carbonyl (C=O) groups is 1. The topological polar surface area (TPSA) is 159 Å². The van der Waals surface area contributed by atoms with Gasteiger partial charge < -0.3 is 4.52 Å². The van der Waals surface area contributed by atoms with E-state index in [2.05, 4.69) is 30.7 Å². The summed E-state index contributed by atoms with van der Waals surface area (Å²) in [6.07, 6.45) is 1.28. The van der Waals surface area contributed by atoms with Crippen molar-refractivity contribution in [1.29, 1.82) is 0 Å². The summed E-state index contributed by atoms with van der Waals surface area (Å²) in [4.78, 5) is 13.5. The molecule has 5 heterocycles. The van der Waals surface area contributed by atoms with E-state index in [0.717, 1.165) is 38.0 Å². The fourth-order valence-corrected chi connectivity index (χ4v) is 13.3. The molecule has 480 valence electrons. The van der Waals surface area contributed by atoms with Gasteiger partial charge in [0, 0.05) is 120 Å². The number of hydrogen-bond acceptors (Lipinski definition) is 9. The summed E-state index contributed by atoms with van der Waals surface area (Å²) in [5, 5.41) is 26.4. The van der Waals surface area contributed by atoms with Gasteiger partial charge in [0.25, 0.3) is 15.9 Å². The number of carbonyl (C=O) groups excluding carboxylic acids is 1. The molecular weight excluding hydrogens is 1370 g/mol. The Morgan fingerprint density at radius 3 is 1.32 bits per heavy atom. The lowest BCUT2D eigenvalue weighted by Crippen LogP contribution is -2.17. The van der Waals surface area contributed by atoms with E-state index in [1.807, 2.05) is 34.7 Å². The van der Waals surface area contributed by atoms with Gasteiger partial charge in [-0.1, -0.05) is 128 Å². The summed E-state index contributed by atoms with van der Waals surface area (Å²) >= 11 is 48.8. The molecule has 0 fully saturated rings. The van der Waals surface area contributed by atoms with Crippen LogP contribution >= 0.6 is 92.8 Å². The maximum atomic E-state index is 14.3. The zero-order valence-electron chi connectivity index (χ0n) is 50.9.